The molecule has 0 heterocycles. The van der Waals surface area contributed by atoms with Crippen molar-refractivity contribution in [2.45, 2.75) is 33.2 Å². The fraction of sp³-hybridized carbons (Fsp3) is 0.300. The van der Waals surface area contributed by atoms with Crippen LogP contribution in [0, 0.1) is 6.92 Å². The molecule has 4 nitrogen and oxygen atoms in total. The number of hydrogen-bond acceptors (Lipinski definition) is 3. The molecule has 1 atom stereocenters. The molecule has 0 spiro atoms. The topological polar surface area (TPSA) is 50.4 Å². The van der Waals surface area contributed by atoms with Crippen molar-refractivity contribution in [3.63, 3.8) is 0 Å². The summed E-state index contributed by atoms with van der Waals surface area (Å²) in [6, 6.07) is 15.8. The first-order valence-electron chi connectivity index (χ1n) is 8.46. The number of anilines is 1. The van der Waals surface area contributed by atoms with Crippen LogP contribution in [0.1, 0.15) is 47.8 Å². The van der Waals surface area contributed by atoms with Crippen LogP contribution in [0.3, 0.4) is 0 Å². The summed E-state index contributed by atoms with van der Waals surface area (Å²) in [7, 11) is 0. The second-order valence-corrected chi connectivity index (χ2v) is 6.08. The molecule has 0 unspecified atom stereocenters. The van der Waals surface area contributed by atoms with E-state index in [0.717, 1.165) is 17.7 Å². The molecule has 25 heavy (non-hydrogen) atoms. The van der Waals surface area contributed by atoms with Crippen molar-refractivity contribution < 1.29 is 9.53 Å². The third kappa shape index (κ3) is 5.03. The molecule has 0 fully saturated rings. The fourth-order valence-electron chi connectivity index (χ4n) is 2.62. The van der Waals surface area contributed by atoms with Crippen LogP contribution < -0.4 is 10.6 Å². The van der Waals surface area contributed by atoms with Crippen LogP contribution in [0.5, 0.6) is 0 Å². The minimum atomic E-state index is -0.321. The summed E-state index contributed by atoms with van der Waals surface area (Å²) in [5.41, 5.74) is 3.35. The molecule has 0 saturated carbocycles. The van der Waals surface area contributed by atoms with Gasteiger partial charge < -0.3 is 15.4 Å². The summed E-state index contributed by atoms with van der Waals surface area (Å²) in [6.45, 7) is 6.14. The van der Waals surface area contributed by atoms with Gasteiger partial charge in [-0.15, -0.1) is 0 Å². The second kappa shape index (κ2) is 9.18. The molecule has 2 rings (SSSR count). The van der Waals surface area contributed by atoms with Crippen LogP contribution in [0.15, 0.2) is 48.5 Å². The highest BCUT2D eigenvalue weighted by molar-refractivity contribution is 7.80. The van der Waals surface area contributed by atoms with E-state index >= 15 is 0 Å². The molecule has 2 aromatic carbocycles. The molecular formula is C20H24N2O2S. The number of rotatable bonds is 6. The van der Waals surface area contributed by atoms with Gasteiger partial charge in [-0.3, -0.25) is 0 Å². The normalized spacial score (nSPS) is 11.5. The Morgan fingerprint density at radius 3 is 2.48 bits per heavy atom. The van der Waals surface area contributed by atoms with Crippen molar-refractivity contribution >= 4 is 29.0 Å². The van der Waals surface area contributed by atoms with Crippen LogP contribution in [-0.4, -0.2) is 17.7 Å². The van der Waals surface area contributed by atoms with Crippen LogP contribution >= 0.6 is 12.2 Å². The Kier molecular flexibility index (Phi) is 6.95. The highest BCUT2D eigenvalue weighted by Crippen LogP contribution is 2.21. The molecule has 0 bridgehead atoms. The number of hydrogen-bond donors (Lipinski definition) is 2. The number of carbonyl (C=O) groups excluding carboxylic acids is 1. The number of thiocarbonyl (C=S) groups is 1. The molecule has 0 aromatic heterocycles. The third-order valence-electron chi connectivity index (χ3n) is 3.99. The van der Waals surface area contributed by atoms with E-state index in [4.69, 9.17) is 17.0 Å². The summed E-state index contributed by atoms with van der Waals surface area (Å²) in [4.78, 5) is 12.0. The van der Waals surface area contributed by atoms with Gasteiger partial charge in [-0.2, -0.15) is 0 Å². The van der Waals surface area contributed by atoms with E-state index in [1.165, 1.54) is 5.56 Å². The molecule has 0 aliphatic carbocycles. The summed E-state index contributed by atoms with van der Waals surface area (Å²) in [5, 5.41) is 7.06. The molecule has 0 saturated heterocycles. The average molecular weight is 356 g/mol. The number of ether oxygens (including phenoxy) is 1. The predicted octanol–water partition coefficient (Wildman–Crippen LogP) is 4.61. The van der Waals surface area contributed by atoms with Crippen molar-refractivity contribution in [3.8, 4) is 0 Å². The number of benzene rings is 2. The van der Waals surface area contributed by atoms with Crippen molar-refractivity contribution in [1.82, 2.24) is 5.32 Å². The Balaban J connectivity index is 2.10. The monoisotopic (exact) mass is 356 g/mol. The highest BCUT2D eigenvalue weighted by atomic mass is 32.1. The van der Waals surface area contributed by atoms with E-state index in [-0.39, 0.29) is 12.0 Å². The highest BCUT2D eigenvalue weighted by Gasteiger charge is 2.14. The second-order valence-electron chi connectivity index (χ2n) is 5.67. The predicted molar refractivity (Wildman–Crippen MR) is 106 cm³/mol. The molecule has 2 N–H and O–H groups in total. The smallest absolute Gasteiger partial charge is 0.338 e. The van der Waals surface area contributed by atoms with Gasteiger partial charge in [0.05, 0.1) is 18.2 Å². The van der Waals surface area contributed by atoms with Gasteiger partial charge in [0.15, 0.2) is 5.11 Å². The minimum absolute atomic E-state index is 0.134. The summed E-state index contributed by atoms with van der Waals surface area (Å²) in [5.74, 6) is -0.321. The van der Waals surface area contributed by atoms with E-state index in [1.54, 1.807) is 13.0 Å². The van der Waals surface area contributed by atoms with Crippen molar-refractivity contribution in [3.05, 3.63) is 65.2 Å². The number of nitrogens with one attached hydrogen (secondary N) is 2. The Morgan fingerprint density at radius 1 is 1.12 bits per heavy atom. The molecule has 0 aliphatic rings. The first-order valence-corrected chi connectivity index (χ1v) is 8.86. The summed E-state index contributed by atoms with van der Waals surface area (Å²) >= 11 is 5.46. The van der Waals surface area contributed by atoms with E-state index in [2.05, 4.69) is 29.7 Å². The lowest BCUT2D eigenvalue weighted by Gasteiger charge is -2.21. The molecule has 2 aromatic rings. The maximum atomic E-state index is 12.0. The Labute approximate surface area is 154 Å². The van der Waals surface area contributed by atoms with Crippen LogP contribution in [0.2, 0.25) is 0 Å². The largest absolute Gasteiger partial charge is 0.462 e. The Bertz CT molecular complexity index is 732. The van der Waals surface area contributed by atoms with Crippen molar-refractivity contribution in [1.29, 1.82) is 0 Å². The Morgan fingerprint density at radius 2 is 1.84 bits per heavy atom. The third-order valence-corrected chi connectivity index (χ3v) is 4.21. The Hall–Kier alpha value is -2.40. The lowest BCUT2D eigenvalue weighted by Crippen LogP contribution is -2.32. The zero-order chi connectivity index (χ0) is 18.2. The van der Waals surface area contributed by atoms with Crippen molar-refractivity contribution in [2.24, 2.45) is 0 Å². The van der Waals surface area contributed by atoms with E-state index in [0.29, 0.717) is 17.3 Å². The fourth-order valence-corrected chi connectivity index (χ4v) is 2.88. The lowest BCUT2D eigenvalue weighted by molar-refractivity contribution is 0.0525. The van der Waals surface area contributed by atoms with Gasteiger partial charge in [-0.1, -0.05) is 43.3 Å². The van der Waals surface area contributed by atoms with Gasteiger partial charge in [-0.25, -0.2) is 4.79 Å². The van der Waals surface area contributed by atoms with E-state index < -0.39 is 0 Å². The number of carbonyl (C=O) groups is 1. The molecule has 132 valence electrons. The quantitative estimate of drug-likeness (QED) is 0.585. The lowest BCUT2D eigenvalue weighted by atomic mass is 10.0. The van der Waals surface area contributed by atoms with Gasteiger partial charge >= 0.3 is 5.97 Å². The first-order chi connectivity index (χ1) is 12.1. The van der Waals surface area contributed by atoms with E-state index in [1.807, 2.05) is 37.3 Å². The molecular weight excluding hydrogens is 332 g/mol. The van der Waals surface area contributed by atoms with Gasteiger partial charge in [0.25, 0.3) is 0 Å². The molecule has 0 radical (unpaired) electrons. The van der Waals surface area contributed by atoms with Crippen LogP contribution in [0.25, 0.3) is 0 Å². The first kappa shape index (κ1) is 18.9. The standard InChI is InChI=1S/C20H24N2O2S/c1-4-17(15-10-7-6-8-11-15)21-20(25)22-18-13-9-12-16(14(18)3)19(23)24-5-2/h6-13,17H,4-5H2,1-3H3,(H2,21,22,25)/t17-/m1/s1. The SMILES string of the molecule is CCOC(=O)c1cccc(NC(=S)N[C@H](CC)c2ccccc2)c1C. The maximum Gasteiger partial charge on any atom is 0.338 e. The molecule has 0 aliphatic heterocycles. The summed E-state index contributed by atoms with van der Waals surface area (Å²) < 4.78 is 5.09. The van der Waals surface area contributed by atoms with Gasteiger partial charge in [0, 0.05) is 5.69 Å². The maximum absolute atomic E-state index is 12.0. The van der Waals surface area contributed by atoms with Crippen LogP contribution in [-0.2, 0) is 4.74 Å². The average Bonchev–Trinajstić information content (AvgIpc) is 2.62. The molecule has 0 amide bonds. The minimum Gasteiger partial charge on any atom is -0.462 e. The van der Waals surface area contributed by atoms with Crippen molar-refractivity contribution in [2.75, 3.05) is 11.9 Å². The van der Waals surface area contributed by atoms with Gasteiger partial charge in [-0.05, 0) is 55.7 Å². The van der Waals surface area contributed by atoms with Gasteiger partial charge in [0.1, 0.15) is 0 Å². The van der Waals surface area contributed by atoms with E-state index in [9.17, 15) is 4.79 Å². The number of esters is 1. The van der Waals surface area contributed by atoms with Gasteiger partial charge in [0.2, 0.25) is 0 Å². The molecule has 5 heteroatoms. The van der Waals surface area contributed by atoms with Crippen LogP contribution in [0.4, 0.5) is 5.69 Å². The zero-order valence-corrected chi connectivity index (χ0v) is 15.7. The zero-order valence-electron chi connectivity index (χ0n) is 14.8. The summed E-state index contributed by atoms with van der Waals surface area (Å²) in [6.07, 6.45) is 0.910.